The molecule has 49 heavy (non-hydrogen) atoms. The number of piperidine rings is 3. The molecule has 0 radical (unpaired) electrons. The van der Waals surface area contributed by atoms with Crippen molar-refractivity contribution in [2.45, 2.75) is 69.9 Å². The third kappa shape index (κ3) is 8.09. The molecule has 1 aromatic heterocycles. The molecular formula is C41H51N4O4+. The van der Waals surface area contributed by atoms with Gasteiger partial charge in [-0.15, -0.1) is 0 Å². The fourth-order valence-corrected chi connectivity index (χ4v) is 8.75. The number of H-pyrrole nitrogens is 1. The number of hydrogen-bond donors (Lipinski definition) is 4. The molecule has 3 saturated heterocycles. The molecule has 2 atom stereocenters. The summed E-state index contributed by atoms with van der Waals surface area (Å²) in [4.78, 5) is 27.5. The van der Waals surface area contributed by atoms with Crippen LogP contribution in [0.4, 0.5) is 5.69 Å². The highest BCUT2D eigenvalue weighted by Crippen LogP contribution is 2.40. The zero-order chi connectivity index (χ0) is 33.6. The minimum absolute atomic E-state index is 0.0800. The molecule has 1 amide bonds. The number of phenolic OH excluding ortho intramolecular Hbond substituents is 1. The lowest BCUT2D eigenvalue weighted by Crippen LogP contribution is -2.64. The van der Waals surface area contributed by atoms with Crippen LogP contribution < -0.4 is 16.2 Å². The number of ether oxygens (including phenoxy) is 1. The lowest BCUT2D eigenvalue weighted by atomic mass is 9.82. The van der Waals surface area contributed by atoms with Crippen LogP contribution in [0, 0.1) is 11.8 Å². The van der Waals surface area contributed by atoms with Crippen LogP contribution in [0.15, 0.2) is 83.7 Å². The van der Waals surface area contributed by atoms with Crippen molar-refractivity contribution in [2.24, 2.45) is 11.8 Å². The molecule has 2 bridgehead atoms. The number of aromatic hydroxyl groups is 1. The molecular weight excluding hydrogens is 612 g/mol. The van der Waals surface area contributed by atoms with Gasteiger partial charge < -0.3 is 29.9 Å². The number of aromatic amines is 1. The number of aromatic nitrogens is 1. The van der Waals surface area contributed by atoms with Crippen molar-refractivity contribution in [3.8, 4) is 5.75 Å². The van der Waals surface area contributed by atoms with Gasteiger partial charge in [0.05, 0.1) is 38.2 Å². The Hall–Kier alpha value is -3.98. The molecule has 1 saturated carbocycles. The smallest absolute Gasteiger partial charge is 0.248 e. The number of nitrogens with zero attached hydrogens (tertiary/aromatic N) is 1. The number of quaternary nitrogens is 1. The van der Waals surface area contributed by atoms with E-state index in [1.165, 1.54) is 50.2 Å². The van der Waals surface area contributed by atoms with Gasteiger partial charge in [0.2, 0.25) is 11.5 Å². The average Bonchev–Trinajstić information content (AvgIpc) is 3.67. The molecule has 4 fully saturated rings. The van der Waals surface area contributed by atoms with Crippen LogP contribution in [0.1, 0.15) is 67.6 Å². The number of hydrogen-bond acceptors (Lipinski definition) is 5. The monoisotopic (exact) mass is 663 g/mol. The first-order valence-corrected chi connectivity index (χ1v) is 18.4. The zero-order valence-electron chi connectivity index (χ0n) is 28.5. The van der Waals surface area contributed by atoms with Crippen molar-refractivity contribution in [2.75, 3.05) is 44.6 Å². The molecule has 4 heterocycles. The Kier molecular flexibility index (Phi) is 10.5. The normalized spacial score (nSPS) is 22.8. The molecule has 4 aliphatic rings. The molecule has 258 valence electrons. The van der Waals surface area contributed by atoms with Gasteiger partial charge in [-0.3, -0.25) is 9.59 Å². The van der Waals surface area contributed by atoms with E-state index in [-0.39, 0.29) is 17.2 Å². The zero-order valence-corrected chi connectivity index (χ0v) is 28.5. The van der Waals surface area contributed by atoms with E-state index in [1.54, 1.807) is 12.1 Å². The summed E-state index contributed by atoms with van der Waals surface area (Å²) >= 11 is 0. The Morgan fingerprint density at radius 2 is 1.71 bits per heavy atom. The van der Waals surface area contributed by atoms with Crippen molar-refractivity contribution < 1.29 is 19.1 Å². The van der Waals surface area contributed by atoms with Crippen molar-refractivity contribution in [1.82, 2.24) is 10.3 Å². The first-order valence-electron chi connectivity index (χ1n) is 18.4. The number of benzene rings is 3. The summed E-state index contributed by atoms with van der Waals surface area (Å²) in [7, 11) is 0. The van der Waals surface area contributed by atoms with Gasteiger partial charge in [-0.2, -0.15) is 0 Å². The second kappa shape index (κ2) is 15.3. The van der Waals surface area contributed by atoms with E-state index in [4.69, 9.17) is 4.74 Å². The van der Waals surface area contributed by atoms with Crippen LogP contribution >= 0.6 is 0 Å². The molecule has 1 aliphatic carbocycles. The Morgan fingerprint density at radius 3 is 2.49 bits per heavy atom. The first kappa shape index (κ1) is 33.5. The van der Waals surface area contributed by atoms with Crippen LogP contribution in [0.25, 0.3) is 10.9 Å². The molecule has 4 N–H and O–H groups in total. The van der Waals surface area contributed by atoms with E-state index in [1.807, 2.05) is 18.2 Å². The predicted molar refractivity (Wildman–Crippen MR) is 195 cm³/mol. The van der Waals surface area contributed by atoms with E-state index in [0.29, 0.717) is 36.4 Å². The Bertz CT molecular complexity index is 1760. The predicted octanol–water partition coefficient (Wildman–Crippen LogP) is 6.49. The quantitative estimate of drug-likeness (QED) is 0.0912. The van der Waals surface area contributed by atoms with Crippen molar-refractivity contribution in [1.29, 1.82) is 0 Å². The number of nitrogens with one attached hydrogen (secondary N) is 3. The van der Waals surface area contributed by atoms with Crippen LogP contribution in [0.5, 0.6) is 5.75 Å². The standard InChI is InChI=1S/C41H50N4O4/c46-37-16-12-32(35-15-17-39(47)44-41(35)37)18-22-42-26-29-10-13-34(14-11-29)43-40(48)21-25-45-23-19-33(20-24-45)38(27-45)49-28-36(31-8-4-5-9-31)30-6-2-1-3-7-30/h1-3,6-7,10-17,31,33,36,38,42H,4-5,8-9,18-28H2,(H2-,43,44,46,47,48)/p+1. The summed E-state index contributed by atoms with van der Waals surface area (Å²) in [6, 6.07) is 25.9. The van der Waals surface area contributed by atoms with Crippen LogP contribution in [-0.4, -0.2) is 65.9 Å². The second-order valence-electron chi connectivity index (χ2n) is 14.7. The van der Waals surface area contributed by atoms with E-state index in [2.05, 4.69) is 58.1 Å². The summed E-state index contributed by atoms with van der Waals surface area (Å²) in [5.41, 5.74) is 4.71. The molecule has 3 aromatic carbocycles. The number of carbonyl (C=O) groups is 1. The third-order valence-corrected chi connectivity index (χ3v) is 11.6. The molecule has 0 spiro atoms. The van der Waals surface area contributed by atoms with Crippen LogP contribution in [0.3, 0.4) is 0 Å². The number of carbonyl (C=O) groups excluding carboxylic acids is 1. The van der Waals surface area contributed by atoms with Crippen LogP contribution in [-0.2, 0) is 22.5 Å². The van der Waals surface area contributed by atoms with E-state index < -0.39 is 0 Å². The Balaban J connectivity index is 0.859. The van der Waals surface area contributed by atoms with Gasteiger partial charge in [-0.1, -0.05) is 61.4 Å². The highest BCUT2D eigenvalue weighted by Gasteiger charge is 2.46. The lowest BCUT2D eigenvalue weighted by molar-refractivity contribution is -0.946. The summed E-state index contributed by atoms with van der Waals surface area (Å²) in [5.74, 6) is 2.03. The number of phenols is 1. The van der Waals surface area contributed by atoms with Gasteiger partial charge in [0.1, 0.15) is 18.4 Å². The highest BCUT2D eigenvalue weighted by atomic mass is 16.5. The number of pyridine rings is 1. The van der Waals surface area contributed by atoms with Crippen LogP contribution in [0.2, 0.25) is 0 Å². The van der Waals surface area contributed by atoms with Crippen molar-refractivity contribution >= 4 is 22.5 Å². The van der Waals surface area contributed by atoms with Gasteiger partial charge in [-0.05, 0) is 72.7 Å². The number of rotatable bonds is 14. The van der Waals surface area contributed by atoms with Crippen molar-refractivity contribution in [3.05, 3.63) is 106 Å². The van der Waals surface area contributed by atoms with Gasteiger partial charge >= 0.3 is 0 Å². The highest BCUT2D eigenvalue weighted by molar-refractivity contribution is 5.90. The molecule has 8 rings (SSSR count). The summed E-state index contributed by atoms with van der Waals surface area (Å²) in [6.07, 6.45) is 9.31. The second-order valence-corrected chi connectivity index (χ2v) is 14.7. The van der Waals surface area contributed by atoms with Gasteiger partial charge in [0.15, 0.2) is 0 Å². The first-order chi connectivity index (χ1) is 23.9. The van der Waals surface area contributed by atoms with Gasteiger partial charge in [0, 0.05) is 48.4 Å². The maximum atomic E-state index is 13.1. The maximum absolute atomic E-state index is 13.1. The SMILES string of the molecule is O=C(CC[N+]12CCC(CC1)C(OCC(c1ccccc1)C1CCCC1)C2)Nc1ccc(CNCCc2ccc(O)c3[nH]c(=O)ccc23)cc1. The molecule has 3 aliphatic heterocycles. The van der Waals surface area contributed by atoms with Crippen molar-refractivity contribution in [3.63, 3.8) is 0 Å². The fraction of sp³-hybridized carbons (Fsp3) is 0.463. The minimum atomic E-state index is -0.228. The molecule has 4 aromatic rings. The molecule has 8 nitrogen and oxygen atoms in total. The van der Waals surface area contributed by atoms with Gasteiger partial charge in [-0.25, -0.2) is 0 Å². The lowest BCUT2D eigenvalue weighted by Gasteiger charge is -2.52. The third-order valence-electron chi connectivity index (χ3n) is 11.6. The fourth-order valence-electron chi connectivity index (χ4n) is 8.75. The Morgan fingerprint density at radius 1 is 0.939 bits per heavy atom. The minimum Gasteiger partial charge on any atom is -0.506 e. The maximum Gasteiger partial charge on any atom is 0.248 e. The number of anilines is 1. The topological polar surface area (TPSA) is 103 Å². The molecule has 2 unspecified atom stereocenters. The van der Waals surface area contributed by atoms with Gasteiger partial charge in [0.25, 0.3) is 0 Å². The largest absolute Gasteiger partial charge is 0.506 e. The van der Waals surface area contributed by atoms with E-state index in [9.17, 15) is 14.7 Å². The Labute approximate surface area is 289 Å². The summed E-state index contributed by atoms with van der Waals surface area (Å²) in [6.45, 7) is 6.50. The number of fused-ring (bicyclic) bond motifs is 4. The molecule has 8 heteroatoms. The summed E-state index contributed by atoms with van der Waals surface area (Å²) < 4.78 is 7.84. The van der Waals surface area contributed by atoms with E-state index >= 15 is 0 Å². The average molecular weight is 664 g/mol. The summed E-state index contributed by atoms with van der Waals surface area (Å²) in [5, 5.41) is 17.6. The number of amides is 1. The van der Waals surface area contributed by atoms with E-state index in [0.717, 1.165) is 78.4 Å².